The summed E-state index contributed by atoms with van der Waals surface area (Å²) >= 11 is 7.95. The molecule has 2 fully saturated rings. The van der Waals surface area contributed by atoms with Crippen LogP contribution in [-0.4, -0.2) is 98.8 Å². The predicted octanol–water partition coefficient (Wildman–Crippen LogP) is 7.61. The number of thiophene rings is 1. The van der Waals surface area contributed by atoms with Gasteiger partial charge in [-0.2, -0.15) is 5.10 Å². The van der Waals surface area contributed by atoms with Crippen molar-refractivity contribution in [3.8, 4) is 33.3 Å². The first-order valence-corrected chi connectivity index (χ1v) is 25.0. The van der Waals surface area contributed by atoms with Crippen molar-refractivity contribution in [2.45, 2.75) is 110 Å². The first kappa shape index (κ1) is 47.6. The zero-order valence-electron chi connectivity index (χ0n) is 40.2. The Bertz CT molecular complexity index is 3150. The van der Waals surface area contributed by atoms with E-state index in [9.17, 15) is 19.5 Å². The van der Waals surface area contributed by atoms with Crippen LogP contribution in [0.25, 0.3) is 27.5 Å². The monoisotopic (exact) mass is 995 g/mol. The van der Waals surface area contributed by atoms with Gasteiger partial charge in [0.15, 0.2) is 18.0 Å². The van der Waals surface area contributed by atoms with Crippen molar-refractivity contribution in [2.75, 3.05) is 6.54 Å². The zero-order chi connectivity index (χ0) is 49.7. The maximum Gasteiger partial charge on any atom is 0.248 e. The number of aliphatic hydroxyl groups is 1. The summed E-state index contributed by atoms with van der Waals surface area (Å²) in [6.45, 7) is 12.1. The maximum atomic E-state index is 14.3. The van der Waals surface area contributed by atoms with E-state index < -0.39 is 24.2 Å². The Morgan fingerprint density at radius 2 is 1.70 bits per heavy atom. The van der Waals surface area contributed by atoms with Gasteiger partial charge in [0.25, 0.3) is 0 Å². The number of aromatic nitrogens is 7. The SMILES string of the molecule is Cc1ncoc1-c1ccc(CNC(=O)[C@@H]2C[C@@H](O)CN2C(=O)C(C(C)C)n2cc(-c3ccnc(OC4CC(NC(=O)C[C@@H]5N=C(c6ccc(Cl)cc6)c6c(sc(C)c6C)-n6c(C)nnc65)C4)c3)cn2)cc1. The summed E-state index contributed by atoms with van der Waals surface area (Å²) in [5.74, 6) is 1.50. The number of aryl methyl sites for hydroxylation is 3. The van der Waals surface area contributed by atoms with Crippen molar-refractivity contribution in [2.24, 2.45) is 10.9 Å². The number of hydrogen-bond acceptors (Lipinski definition) is 13. The molecule has 3 N–H and O–H groups in total. The van der Waals surface area contributed by atoms with E-state index in [2.05, 4.69) is 49.7 Å². The van der Waals surface area contributed by atoms with Crippen LogP contribution in [0.15, 0.2) is 95.1 Å². The molecule has 4 atom stereocenters. The summed E-state index contributed by atoms with van der Waals surface area (Å²) in [4.78, 5) is 58.2. The Balaban J connectivity index is 0.757. The van der Waals surface area contributed by atoms with Crippen LogP contribution in [0.5, 0.6) is 5.88 Å². The van der Waals surface area contributed by atoms with Crippen molar-refractivity contribution in [1.82, 2.24) is 50.0 Å². The number of β-amino-alcohol motifs (C(OH)–C–C–N with tert-alkyl or cyclic N) is 1. The minimum absolute atomic E-state index is 0.0387. The molecule has 2 aromatic carbocycles. The van der Waals surface area contributed by atoms with Gasteiger partial charge >= 0.3 is 0 Å². The molecule has 3 amide bonds. The Morgan fingerprint density at radius 1 is 0.944 bits per heavy atom. The van der Waals surface area contributed by atoms with Gasteiger partial charge in [0.05, 0.1) is 30.1 Å². The molecule has 7 aromatic rings. The van der Waals surface area contributed by atoms with E-state index in [1.165, 1.54) is 16.2 Å². The number of rotatable bonds is 14. The summed E-state index contributed by atoms with van der Waals surface area (Å²) in [5.41, 5.74) is 7.92. The number of oxazole rings is 1. The summed E-state index contributed by atoms with van der Waals surface area (Å²) in [6.07, 6.45) is 6.99. The molecular formula is C52H54ClN11O6S. The molecule has 2 aliphatic heterocycles. The molecule has 0 radical (unpaired) electrons. The molecule has 0 spiro atoms. The summed E-state index contributed by atoms with van der Waals surface area (Å²) < 4.78 is 15.5. The van der Waals surface area contributed by atoms with Crippen molar-refractivity contribution in [3.63, 3.8) is 0 Å². The van der Waals surface area contributed by atoms with Crippen LogP contribution in [0.1, 0.15) is 96.1 Å². The van der Waals surface area contributed by atoms with E-state index in [1.54, 1.807) is 28.4 Å². The number of fused-ring (bicyclic) bond motifs is 3. The topological polar surface area (TPSA) is 208 Å². The van der Waals surface area contributed by atoms with Gasteiger partial charge in [-0.1, -0.05) is 61.8 Å². The van der Waals surface area contributed by atoms with Crippen LogP contribution < -0.4 is 15.4 Å². The van der Waals surface area contributed by atoms with Crippen LogP contribution in [0.3, 0.4) is 0 Å². The number of benzene rings is 2. The van der Waals surface area contributed by atoms with Gasteiger partial charge in [-0.15, -0.1) is 21.5 Å². The van der Waals surface area contributed by atoms with Crippen molar-refractivity contribution < 1.29 is 28.6 Å². The second-order valence-corrected chi connectivity index (χ2v) is 20.6. The Kier molecular flexibility index (Phi) is 13.2. The van der Waals surface area contributed by atoms with Crippen molar-refractivity contribution >= 4 is 46.4 Å². The summed E-state index contributed by atoms with van der Waals surface area (Å²) in [6, 6.07) is 16.7. The molecule has 1 saturated heterocycles. The lowest BCUT2D eigenvalue weighted by Crippen LogP contribution is -2.49. The van der Waals surface area contributed by atoms with Gasteiger partial charge in [0.2, 0.25) is 23.6 Å². The lowest BCUT2D eigenvalue weighted by Gasteiger charge is -2.35. The number of halogens is 1. The standard InChI is InChI=1S/C52H54ClN11O6S/c1-27(2)47(51(68)62-25-39(65)20-42(62)50(67)55-22-32-7-9-34(10-8-32)48-29(4)56-26-69-48)63-24-36(23-57-63)35-15-16-54-44(17-35)70-40-18-38(19-40)58-43(66)21-41-49-61-60-31(6)64(49)52-45(28(3)30(5)71-52)46(59-41)33-11-13-37(53)14-12-33/h7-17,23-24,26-27,38-42,47,65H,18-22,25H2,1-6H3,(H,55,67)(H,58,66)/t38?,39-,40?,41+,42+,47?/m1/s1. The number of nitrogens with one attached hydrogen (secondary N) is 2. The average Bonchev–Trinajstić information content (AvgIpc) is 4.19. The first-order valence-electron chi connectivity index (χ1n) is 23.8. The fourth-order valence-electron chi connectivity index (χ4n) is 9.68. The van der Waals surface area contributed by atoms with Crippen LogP contribution in [-0.2, 0) is 20.9 Å². The fourth-order valence-corrected chi connectivity index (χ4v) is 11.0. The van der Waals surface area contributed by atoms with Gasteiger partial charge in [-0.25, -0.2) is 9.97 Å². The number of carbonyl (C=O) groups excluding carboxylic acids is 3. The number of aliphatic hydroxyl groups excluding tert-OH is 1. The zero-order valence-corrected chi connectivity index (χ0v) is 41.7. The van der Waals surface area contributed by atoms with Crippen LogP contribution >= 0.6 is 22.9 Å². The highest BCUT2D eigenvalue weighted by Gasteiger charge is 2.43. The molecule has 71 heavy (non-hydrogen) atoms. The van der Waals surface area contributed by atoms with Gasteiger partial charge < -0.3 is 29.8 Å². The van der Waals surface area contributed by atoms with Crippen LogP contribution in [0.4, 0.5) is 0 Å². The minimum Gasteiger partial charge on any atom is -0.474 e. The molecule has 1 aliphatic carbocycles. The predicted molar refractivity (Wildman–Crippen MR) is 267 cm³/mol. The molecule has 3 aliphatic rings. The van der Waals surface area contributed by atoms with Gasteiger partial charge in [-0.05, 0) is 68.5 Å². The molecule has 0 bridgehead atoms. The number of likely N-dealkylation sites (tertiary alicyclic amines) is 1. The molecule has 5 aromatic heterocycles. The number of nitrogens with zero attached hydrogens (tertiary/aromatic N) is 9. The number of amides is 3. The molecule has 19 heteroatoms. The number of ether oxygens (including phenoxy) is 1. The number of carbonyl (C=O) groups is 3. The van der Waals surface area contributed by atoms with E-state index in [0.29, 0.717) is 35.3 Å². The lowest BCUT2D eigenvalue weighted by atomic mass is 9.89. The Labute approximate surface area is 419 Å². The molecule has 1 saturated carbocycles. The van der Waals surface area contributed by atoms with E-state index in [0.717, 1.165) is 61.2 Å². The Hall–Kier alpha value is -7.02. The second kappa shape index (κ2) is 19.6. The van der Waals surface area contributed by atoms with E-state index in [-0.39, 0.29) is 61.7 Å². The third kappa shape index (κ3) is 9.63. The van der Waals surface area contributed by atoms with E-state index >= 15 is 0 Å². The number of aliphatic imine (C=N–C) groups is 1. The quantitative estimate of drug-likeness (QED) is 0.0966. The molecule has 1 unspecified atom stereocenters. The smallest absolute Gasteiger partial charge is 0.248 e. The Morgan fingerprint density at radius 3 is 2.44 bits per heavy atom. The van der Waals surface area contributed by atoms with Crippen LogP contribution in [0, 0.1) is 33.6 Å². The highest BCUT2D eigenvalue weighted by molar-refractivity contribution is 7.15. The highest BCUT2D eigenvalue weighted by atomic mass is 35.5. The lowest BCUT2D eigenvalue weighted by molar-refractivity contribution is -0.142. The number of pyridine rings is 1. The second-order valence-electron chi connectivity index (χ2n) is 18.9. The normalized spacial score (nSPS) is 19.9. The average molecular weight is 997 g/mol. The molecule has 366 valence electrons. The fraction of sp³-hybridized carbons (Fsp3) is 0.365. The third-order valence-electron chi connectivity index (χ3n) is 13.6. The molecular weight excluding hydrogens is 942 g/mol. The first-order chi connectivity index (χ1) is 34.2. The molecule has 10 rings (SSSR count). The van der Waals surface area contributed by atoms with Gasteiger partial charge in [-0.3, -0.25) is 28.6 Å². The molecule has 17 nitrogen and oxygen atoms in total. The van der Waals surface area contributed by atoms with Crippen molar-refractivity contribution in [3.05, 3.63) is 135 Å². The van der Waals surface area contributed by atoms with Crippen LogP contribution in [0.2, 0.25) is 5.02 Å². The maximum absolute atomic E-state index is 14.3. The van der Waals surface area contributed by atoms with E-state index in [4.69, 9.17) is 25.7 Å². The molecule has 7 heterocycles. The van der Waals surface area contributed by atoms with Gasteiger partial charge in [0, 0.05) is 89.0 Å². The number of hydrogen-bond donors (Lipinski definition) is 3. The summed E-state index contributed by atoms with van der Waals surface area (Å²) in [7, 11) is 0. The summed E-state index contributed by atoms with van der Waals surface area (Å²) in [5, 5.41) is 32.1. The van der Waals surface area contributed by atoms with Gasteiger partial charge in [0.1, 0.15) is 35.1 Å². The third-order valence-corrected chi connectivity index (χ3v) is 15.1. The minimum atomic E-state index is -0.842. The van der Waals surface area contributed by atoms with Crippen molar-refractivity contribution in [1.29, 1.82) is 0 Å². The largest absolute Gasteiger partial charge is 0.474 e. The highest BCUT2D eigenvalue weighted by Crippen LogP contribution is 2.40. The van der Waals surface area contributed by atoms with E-state index in [1.807, 2.05) is 99.1 Å².